The Bertz CT molecular complexity index is 269. The first-order valence-electron chi connectivity index (χ1n) is 3.09. The van der Waals surface area contributed by atoms with Crippen molar-refractivity contribution >= 4 is 5.97 Å². The van der Waals surface area contributed by atoms with Crippen molar-refractivity contribution in [1.82, 2.24) is 9.78 Å². The van der Waals surface area contributed by atoms with Gasteiger partial charge in [-0.3, -0.25) is 9.48 Å². The Kier molecular flexibility index (Phi) is 1.91. The van der Waals surface area contributed by atoms with Crippen LogP contribution in [-0.4, -0.2) is 20.9 Å². The van der Waals surface area contributed by atoms with Gasteiger partial charge < -0.3 is 10.8 Å². The van der Waals surface area contributed by atoms with E-state index in [1.807, 2.05) is 0 Å². The molecule has 5 heteroatoms. The second-order valence-corrected chi connectivity index (χ2v) is 2.20. The van der Waals surface area contributed by atoms with Gasteiger partial charge in [0.1, 0.15) is 6.04 Å². The number of carboxylic acids is 1. The Hall–Kier alpha value is -1.36. The number of aliphatic carboxylic acids is 1. The molecule has 0 aliphatic carbocycles. The van der Waals surface area contributed by atoms with Gasteiger partial charge in [0.05, 0.1) is 5.69 Å². The molecule has 11 heavy (non-hydrogen) atoms. The normalized spacial score (nSPS) is 12.9. The van der Waals surface area contributed by atoms with Crippen LogP contribution < -0.4 is 5.73 Å². The quantitative estimate of drug-likeness (QED) is 0.603. The highest BCUT2D eigenvalue weighted by atomic mass is 16.4. The van der Waals surface area contributed by atoms with Crippen LogP contribution in [-0.2, 0) is 11.8 Å². The third kappa shape index (κ3) is 1.38. The second kappa shape index (κ2) is 2.71. The van der Waals surface area contributed by atoms with Crippen LogP contribution in [0.1, 0.15) is 11.7 Å². The van der Waals surface area contributed by atoms with Crippen molar-refractivity contribution in [3.05, 3.63) is 18.0 Å². The van der Waals surface area contributed by atoms with Gasteiger partial charge in [-0.05, 0) is 6.07 Å². The molecular formula is C6H9N3O2. The maximum absolute atomic E-state index is 10.4. The summed E-state index contributed by atoms with van der Waals surface area (Å²) in [6.45, 7) is 0. The van der Waals surface area contributed by atoms with Crippen LogP contribution >= 0.6 is 0 Å². The van der Waals surface area contributed by atoms with E-state index < -0.39 is 12.0 Å². The van der Waals surface area contributed by atoms with Crippen LogP contribution in [0.3, 0.4) is 0 Å². The zero-order chi connectivity index (χ0) is 8.43. The fourth-order valence-corrected chi connectivity index (χ4v) is 0.816. The SMILES string of the molecule is Cn1nccc1C(N)C(=O)O. The number of aryl methyl sites for hydroxylation is 1. The van der Waals surface area contributed by atoms with Gasteiger partial charge in [0.25, 0.3) is 0 Å². The number of rotatable bonds is 2. The summed E-state index contributed by atoms with van der Waals surface area (Å²) in [5.41, 5.74) is 5.82. The Morgan fingerprint density at radius 2 is 2.55 bits per heavy atom. The van der Waals surface area contributed by atoms with E-state index in [1.165, 1.54) is 10.9 Å². The van der Waals surface area contributed by atoms with E-state index >= 15 is 0 Å². The molecule has 0 fully saturated rings. The molecule has 1 atom stereocenters. The maximum Gasteiger partial charge on any atom is 0.326 e. The third-order valence-corrected chi connectivity index (χ3v) is 1.44. The van der Waals surface area contributed by atoms with Gasteiger partial charge in [0, 0.05) is 13.2 Å². The average Bonchev–Trinajstić information content (AvgIpc) is 2.33. The lowest BCUT2D eigenvalue weighted by atomic mass is 10.2. The summed E-state index contributed by atoms with van der Waals surface area (Å²) in [6.07, 6.45) is 1.51. The summed E-state index contributed by atoms with van der Waals surface area (Å²) in [4.78, 5) is 10.4. The van der Waals surface area contributed by atoms with E-state index in [0.29, 0.717) is 5.69 Å². The predicted molar refractivity (Wildman–Crippen MR) is 37.8 cm³/mol. The van der Waals surface area contributed by atoms with E-state index in [2.05, 4.69) is 5.10 Å². The average molecular weight is 155 g/mol. The smallest absolute Gasteiger partial charge is 0.326 e. The fraction of sp³-hybridized carbons (Fsp3) is 0.333. The van der Waals surface area contributed by atoms with E-state index in [1.54, 1.807) is 13.1 Å². The van der Waals surface area contributed by atoms with Gasteiger partial charge in [-0.25, -0.2) is 0 Å². The number of carboxylic acid groups (broad SMARTS) is 1. The third-order valence-electron chi connectivity index (χ3n) is 1.44. The Morgan fingerprint density at radius 3 is 2.91 bits per heavy atom. The molecule has 0 aliphatic rings. The Labute approximate surface area is 63.4 Å². The molecule has 0 saturated heterocycles. The number of carbonyl (C=O) groups is 1. The molecule has 3 N–H and O–H groups in total. The van der Waals surface area contributed by atoms with Gasteiger partial charge in [0.2, 0.25) is 0 Å². The minimum atomic E-state index is -1.05. The Balaban J connectivity index is 2.92. The zero-order valence-electron chi connectivity index (χ0n) is 6.06. The first-order valence-corrected chi connectivity index (χ1v) is 3.09. The van der Waals surface area contributed by atoms with Gasteiger partial charge in [-0.1, -0.05) is 0 Å². The largest absolute Gasteiger partial charge is 0.480 e. The molecule has 0 bridgehead atoms. The minimum absolute atomic E-state index is 0.498. The molecule has 1 aromatic rings. The van der Waals surface area contributed by atoms with E-state index in [4.69, 9.17) is 10.8 Å². The van der Waals surface area contributed by atoms with Crippen molar-refractivity contribution in [2.75, 3.05) is 0 Å². The molecule has 0 saturated carbocycles. The highest BCUT2D eigenvalue weighted by Gasteiger charge is 2.16. The fourth-order valence-electron chi connectivity index (χ4n) is 0.816. The van der Waals surface area contributed by atoms with E-state index in [9.17, 15) is 4.79 Å². The van der Waals surface area contributed by atoms with Crippen molar-refractivity contribution in [2.45, 2.75) is 6.04 Å². The van der Waals surface area contributed by atoms with Crippen LogP contribution in [0, 0.1) is 0 Å². The summed E-state index contributed by atoms with van der Waals surface area (Å²) < 4.78 is 1.44. The van der Waals surface area contributed by atoms with Crippen LogP contribution in [0.2, 0.25) is 0 Å². The van der Waals surface area contributed by atoms with Crippen LogP contribution in [0.15, 0.2) is 12.3 Å². The van der Waals surface area contributed by atoms with Crippen molar-refractivity contribution in [1.29, 1.82) is 0 Å². The second-order valence-electron chi connectivity index (χ2n) is 2.20. The maximum atomic E-state index is 10.4. The standard InChI is InChI=1S/C6H9N3O2/c1-9-4(2-3-8-9)5(7)6(10)11/h2-3,5H,7H2,1H3,(H,10,11). The molecule has 0 radical (unpaired) electrons. The summed E-state index contributed by atoms with van der Waals surface area (Å²) in [6, 6.07) is 0.598. The van der Waals surface area contributed by atoms with Crippen LogP contribution in [0.5, 0.6) is 0 Å². The molecule has 1 heterocycles. The van der Waals surface area contributed by atoms with Gasteiger partial charge in [-0.15, -0.1) is 0 Å². The van der Waals surface area contributed by atoms with Gasteiger partial charge >= 0.3 is 5.97 Å². The minimum Gasteiger partial charge on any atom is -0.480 e. The molecule has 0 aliphatic heterocycles. The first kappa shape index (κ1) is 7.74. The van der Waals surface area contributed by atoms with Crippen molar-refractivity contribution < 1.29 is 9.90 Å². The van der Waals surface area contributed by atoms with Crippen LogP contribution in [0.4, 0.5) is 0 Å². The van der Waals surface area contributed by atoms with Crippen molar-refractivity contribution in [3.63, 3.8) is 0 Å². The molecule has 0 aromatic carbocycles. The first-order chi connectivity index (χ1) is 5.13. The molecule has 0 amide bonds. The number of nitrogens with zero attached hydrogens (tertiary/aromatic N) is 2. The zero-order valence-corrected chi connectivity index (χ0v) is 6.06. The van der Waals surface area contributed by atoms with Gasteiger partial charge in [0.15, 0.2) is 0 Å². The summed E-state index contributed by atoms with van der Waals surface area (Å²) in [5, 5.41) is 12.3. The molecule has 1 aromatic heterocycles. The lowest BCUT2D eigenvalue weighted by molar-refractivity contribution is -0.138. The van der Waals surface area contributed by atoms with E-state index in [0.717, 1.165) is 0 Å². The number of hydrogen-bond donors (Lipinski definition) is 2. The predicted octanol–water partition coefficient (Wildman–Crippen LogP) is -0.495. The molecule has 1 unspecified atom stereocenters. The van der Waals surface area contributed by atoms with Crippen molar-refractivity contribution in [3.8, 4) is 0 Å². The lowest BCUT2D eigenvalue weighted by Crippen LogP contribution is -2.23. The van der Waals surface area contributed by atoms with E-state index in [-0.39, 0.29) is 0 Å². The van der Waals surface area contributed by atoms with Crippen LogP contribution in [0.25, 0.3) is 0 Å². The molecular weight excluding hydrogens is 146 g/mol. The summed E-state index contributed by atoms with van der Waals surface area (Å²) in [5.74, 6) is -1.05. The highest BCUT2D eigenvalue weighted by Crippen LogP contribution is 2.07. The molecule has 5 nitrogen and oxygen atoms in total. The monoisotopic (exact) mass is 155 g/mol. The van der Waals surface area contributed by atoms with Gasteiger partial charge in [-0.2, -0.15) is 5.10 Å². The lowest BCUT2D eigenvalue weighted by Gasteiger charge is -2.05. The molecule has 0 spiro atoms. The summed E-state index contributed by atoms with van der Waals surface area (Å²) in [7, 11) is 1.65. The summed E-state index contributed by atoms with van der Waals surface area (Å²) >= 11 is 0. The number of aromatic nitrogens is 2. The number of nitrogens with two attached hydrogens (primary N) is 1. The highest BCUT2D eigenvalue weighted by molar-refractivity contribution is 5.74. The molecule has 1 rings (SSSR count). The topological polar surface area (TPSA) is 81.1 Å². The van der Waals surface area contributed by atoms with Crippen molar-refractivity contribution in [2.24, 2.45) is 12.8 Å². The number of hydrogen-bond acceptors (Lipinski definition) is 3. The Morgan fingerprint density at radius 1 is 1.91 bits per heavy atom. The molecule has 60 valence electrons.